The summed E-state index contributed by atoms with van der Waals surface area (Å²) in [5.74, 6) is 0.00952. The van der Waals surface area contributed by atoms with Crippen LogP contribution in [-0.4, -0.2) is 15.2 Å². The first-order valence-electron chi connectivity index (χ1n) is 5.56. The number of ketones is 1. The third-order valence-corrected chi connectivity index (χ3v) is 3.09. The molecule has 2 aromatic heterocycles. The highest BCUT2D eigenvalue weighted by Gasteiger charge is 2.13. The molecule has 0 radical (unpaired) electrons. The summed E-state index contributed by atoms with van der Waals surface area (Å²) in [6, 6.07) is 10.1. The van der Waals surface area contributed by atoms with Gasteiger partial charge >= 0.3 is 0 Å². The van der Waals surface area contributed by atoms with Crippen LogP contribution in [0.2, 0.25) is 0 Å². The molecule has 0 spiro atoms. The Kier molecular flexibility index (Phi) is 2.01. The molecular formula is C14H12N2O. The number of rotatable bonds is 1. The second kappa shape index (κ2) is 3.42. The Morgan fingerprint density at radius 2 is 2.00 bits per heavy atom. The molecule has 0 aliphatic rings. The molecule has 0 atom stereocenters. The Hall–Kier alpha value is -2.16. The third-order valence-electron chi connectivity index (χ3n) is 3.09. The average Bonchev–Trinajstić information content (AvgIpc) is 2.67. The van der Waals surface area contributed by atoms with Gasteiger partial charge in [-0.1, -0.05) is 24.3 Å². The highest BCUT2D eigenvalue weighted by molar-refractivity contribution is 5.98. The predicted molar refractivity (Wildman–Crippen MR) is 67.4 cm³/mol. The van der Waals surface area contributed by atoms with Crippen LogP contribution < -0.4 is 0 Å². The molecule has 1 aromatic carbocycles. The Balaban J connectivity index is 2.51. The SMILES string of the molecule is CC(=O)c1nc2c3ccccc3ccn2c1C. The first kappa shape index (κ1) is 10.0. The van der Waals surface area contributed by atoms with Crippen LogP contribution in [0.15, 0.2) is 36.5 Å². The number of hydrogen-bond acceptors (Lipinski definition) is 2. The largest absolute Gasteiger partial charge is 0.303 e. The van der Waals surface area contributed by atoms with Crippen molar-refractivity contribution >= 4 is 22.2 Å². The van der Waals surface area contributed by atoms with Gasteiger partial charge < -0.3 is 4.40 Å². The number of pyridine rings is 1. The van der Waals surface area contributed by atoms with Gasteiger partial charge in [-0.15, -0.1) is 0 Å². The van der Waals surface area contributed by atoms with Crippen LogP contribution in [0, 0.1) is 6.92 Å². The van der Waals surface area contributed by atoms with Gasteiger partial charge in [0.15, 0.2) is 5.78 Å². The van der Waals surface area contributed by atoms with Crippen molar-refractivity contribution in [2.24, 2.45) is 0 Å². The molecule has 3 aromatic rings. The van der Waals surface area contributed by atoms with Gasteiger partial charge in [-0.05, 0) is 18.4 Å². The lowest BCUT2D eigenvalue weighted by molar-refractivity contribution is 0.101. The molecule has 0 aliphatic carbocycles. The molecule has 3 heteroatoms. The van der Waals surface area contributed by atoms with E-state index < -0.39 is 0 Å². The van der Waals surface area contributed by atoms with E-state index in [4.69, 9.17) is 0 Å². The predicted octanol–water partition coefficient (Wildman–Crippen LogP) is 3.00. The number of Topliss-reactive ketones (excluding diaryl/α,β-unsaturated/α-hetero) is 1. The smallest absolute Gasteiger partial charge is 0.179 e. The van der Waals surface area contributed by atoms with Crippen LogP contribution in [0.5, 0.6) is 0 Å². The van der Waals surface area contributed by atoms with Gasteiger partial charge in [-0.3, -0.25) is 4.79 Å². The molecule has 3 rings (SSSR count). The number of hydrogen-bond donors (Lipinski definition) is 0. The fourth-order valence-corrected chi connectivity index (χ4v) is 2.22. The quantitative estimate of drug-likeness (QED) is 0.595. The number of carbonyl (C=O) groups is 1. The van der Waals surface area contributed by atoms with Crippen LogP contribution in [0.3, 0.4) is 0 Å². The second-order valence-electron chi connectivity index (χ2n) is 4.20. The zero-order chi connectivity index (χ0) is 12.0. The van der Waals surface area contributed by atoms with E-state index in [1.54, 1.807) is 6.92 Å². The van der Waals surface area contributed by atoms with E-state index in [1.165, 1.54) is 0 Å². The first-order chi connectivity index (χ1) is 8.18. The zero-order valence-corrected chi connectivity index (χ0v) is 9.77. The molecule has 0 bridgehead atoms. The number of carbonyl (C=O) groups excluding carboxylic acids is 1. The summed E-state index contributed by atoms with van der Waals surface area (Å²) in [6.07, 6.45) is 1.96. The summed E-state index contributed by atoms with van der Waals surface area (Å²) in [4.78, 5) is 15.9. The van der Waals surface area contributed by atoms with Crippen LogP contribution in [0.4, 0.5) is 0 Å². The van der Waals surface area contributed by atoms with E-state index in [0.29, 0.717) is 5.69 Å². The minimum Gasteiger partial charge on any atom is -0.303 e. The maximum atomic E-state index is 11.5. The highest BCUT2D eigenvalue weighted by atomic mass is 16.1. The van der Waals surface area contributed by atoms with Crippen molar-refractivity contribution in [3.8, 4) is 0 Å². The van der Waals surface area contributed by atoms with E-state index in [-0.39, 0.29) is 5.78 Å². The molecule has 0 aliphatic heterocycles. The maximum absolute atomic E-state index is 11.5. The average molecular weight is 224 g/mol. The number of nitrogens with zero attached hydrogens (tertiary/aromatic N) is 2. The van der Waals surface area contributed by atoms with Crippen molar-refractivity contribution in [3.05, 3.63) is 47.9 Å². The normalized spacial score (nSPS) is 11.2. The minimum absolute atomic E-state index is 0.00952. The highest BCUT2D eigenvalue weighted by Crippen LogP contribution is 2.21. The molecule has 84 valence electrons. The van der Waals surface area contributed by atoms with Gasteiger partial charge in [0.2, 0.25) is 0 Å². The van der Waals surface area contributed by atoms with Crippen molar-refractivity contribution in [2.75, 3.05) is 0 Å². The van der Waals surface area contributed by atoms with E-state index in [0.717, 1.165) is 22.1 Å². The van der Waals surface area contributed by atoms with Gasteiger partial charge in [-0.25, -0.2) is 4.98 Å². The van der Waals surface area contributed by atoms with Gasteiger partial charge in [0.25, 0.3) is 0 Å². The van der Waals surface area contributed by atoms with Gasteiger partial charge in [0.1, 0.15) is 11.3 Å². The Bertz CT molecular complexity index is 740. The summed E-state index contributed by atoms with van der Waals surface area (Å²) in [5, 5.41) is 2.21. The zero-order valence-electron chi connectivity index (χ0n) is 9.77. The first-order valence-corrected chi connectivity index (χ1v) is 5.56. The van der Waals surface area contributed by atoms with E-state index in [1.807, 2.05) is 47.9 Å². The molecule has 17 heavy (non-hydrogen) atoms. The van der Waals surface area contributed by atoms with Gasteiger partial charge in [0, 0.05) is 18.5 Å². The van der Waals surface area contributed by atoms with Crippen LogP contribution in [0.1, 0.15) is 23.1 Å². The van der Waals surface area contributed by atoms with Gasteiger partial charge in [0.05, 0.1) is 5.69 Å². The lowest BCUT2D eigenvalue weighted by atomic mass is 10.2. The molecule has 0 saturated carbocycles. The third kappa shape index (κ3) is 1.35. The topological polar surface area (TPSA) is 34.4 Å². The molecule has 0 unspecified atom stereocenters. The molecule has 2 heterocycles. The number of benzene rings is 1. The molecule has 3 nitrogen and oxygen atoms in total. The standard InChI is InChI=1S/C14H12N2O/c1-9-13(10(2)17)15-14-12-6-4-3-5-11(12)7-8-16(9)14/h3-8H,1-2H3. The summed E-state index contributed by atoms with van der Waals surface area (Å²) < 4.78 is 1.97. The lowest BCUT2D eigenvalue weighted by Crippen LogP contribution is -1.95. The summed E-state index contributed by atoms with van der Waals surface area (Å²) in [7, 11) is 0. The molecule has 0 fully saturated rings. The maximum Gasteiger partial charge on any atom is 0.179 e. The Labute approximate surface area is 98.7 Å². The Morgan fingerprint density at radius 3 is 2.76 bits per heavy atom. The lowest BCUT2D eigenvalue weighted by Gasteiger charge is -2.00. The van der Waals surface area contributed by atoms with Crippen molar-refractivity contribution in [1.29, 1.82) is 0 Å². The van der Waals surface area contributed by atoms with E-state index in [2.05, 4.69) is 4.98 Å². The monoisotopic (exact) mass is 224 g/mol. The fraction of sp³-hybridized carbons (Fsp3) is 0.143. The Morgan fingerprint density at radius 1 is 1.24 bits per heavy atom. The molecule has 0 saturated heterocycles. The van der Waals surface area contributed by atoms with E-state index >= 15 is 0 Å². The van der Waals surface area contributed by atoms with Crippen LogP contribution >= 0.6 is 0 Å². The summed E-state index contributed by atoms with van der Waals surface area (Å²) in [6.45, 7) is 3.47. The van der Waals surface area contributed by atoms with Crippen LogP contribution in [-0.2, 0) is 0 Å². The van der Waals surface area contributed by atoms with Crippen molar-refractivity contribution in [3.63, 3.8) is 0 Å². The molecule has 0 amide bonds. The number of aromatic nitrogens is 2. The number of fused-ring (bicyclic) bond motifs is 3. The van der Waals surface area contributed by atoms with Gasteiger partial charge in [-0.2, -0.15) is 0 Å². The van der Waals surface area contributed by atoms with Crippen LogP contribution in [0.25, 0.3) is 16.4 Å². The minimum atomic E-state index is 0.00952. The number of imidazole rings is 1. The summed E-state index contributed by atoms with van der Waals surface area (Å²) >= 11 is 0. The molecular weight excluding hydrogens is 212 g/mol. The summed E-state index contributed by atoms with van der Waals surface area (Å²) in [5.41, 5.74) is 2.31. The number of aryl methyl sites for hydroxylation is 1. The van der Waals surface area contributed by atoms with Crippen molar-refractivity contribution < 1.29 is 4.79 Å². The van der Waals surface area contributed by atoms with Crippen molar-refractivity contribution in [1.82, 2.24) is 9.38 Å². The second-order valence-corrected chi connectivity index (χ2v) is 4.20. The van der Waals surface area contributed by atoms with E-state index in [9.17, 15) is 4.79 Å². The fourth-order valence-electron chi connectivity index (χ4n) is 2.22. The van der Waals surface area contributed by atoms with Crippen molar-refractivity contribution in [2.45, 2.75) is 13.8 Å². The molecule has 0 N–H and O–H groups in total.